The molecule has 2 aromatic carbocycles. The first-order valence-electron chi connectivity index (χ1n) is 11.9. The molecule has 1 fully saturated rings. The second-order valence-electron chi connectivity index (χ2n) is 9.32. The number of anilines is 1. The Hall–Kier alpha value is -3.25. The molecule has 0 saturated carbocycles. The predicted octanol–water partition coefficient (Wildman–Crippen LogP) is 4.73. The molecular weight excluding hydrogens is 410 g/mol. The number of nitrogens with zero attached hydrogens (tertiary/aromatic N) is 4. The molecule has 0 radical (unpaired) electrons. The van der Waals surface area contributed by atoms with E-state index in [1.807, 2.05) is 32.0 Å². The van der Waals surface area contributed by atoms with Gasteiger partial charge < -0.3 is 9.88 Å². The molecule has 0 aliphatic carbocycles. The quantitative estimate of drug-likeness (QED) is 0.449. The van der Waals surface area contributed by atoms with E-state index in [1.54, 1.807) is 0 Å². The molecule has 6 heteroatoms. The summed E-state index contributed by atoms with van der Waals surface area (Å²) in [6.45, 7) is 7.05. The summed E-state index contributed by atoms with van der Waals surface area (Å²) in [7, 11) is 0. The lowest BCUT2D eigenvalue weighted by atomic mass is 10.0. The second-order valence-corrected chi connectivity index (χ2v) is 9.32. The first-order valence-corrected chi connectivity index (χ1v) is 11.9. The number of carbonyl (C=O) groups excluding carboxylic acids is 1. The molecule has 5 rings (SSSR count). The molecule has 0 atom stereocenters. The topological polar surface area (TPSA) is 63.1 Å². The standard InChI is InChI=1S/C27H31N5O/c1-19(2)26(33)18-31-15-13-21(14-16-31)29-27-30-24-9-5-6-10-25(24)32(27)17-22-12-11-20-7-3-4-8-23(20)28-22/h3-12,19,21H,13-18H2,1-2H3,(H,29,30). The number of hydrogen-bond acceptors (Lipinski definition) is 5. The molecule has 33 heavy (non-hydrogen) atoms. The van der Waals surface area contributed by atoms with Gasteiger partial charge in [0.2, 0.25) is 5.95 Å². The van der Waals surface area contributed by atoms with Gasteiger partial charge in [0, 0.05) is 30.4 Å². The number of likely N-dealkylation sites (tertiary alicyclic amines) is 1. The van der Waals surface area contributed by atoms with E-state index in [9.17, 15) is 4.79 Å². The number of aromatic nitrogens is 3. The number of pyridine rings is 1. The van der Waals surface area contributed by atoms with Gasteiger partial charge >= 0.3 is 0 Å². The van der Waals surface area contributed by atoms with Crippen molar-refractivity contribution in [3.05, 3.63) is 66.4 Å². The lowest BCUT2D eigenvalue weighted by Gasteiger charge is -2.32. The first-order chi connectivity index (χ1) is 16.1. The minimum Gasteiger partial charge on any atom is -0.353 e. The third-order valence-corrected chi connectivity index (χ3v) is 6.57. The van der Waals surface area contributed by atoms with Crippen molar-refractivity contribution in [2.24, 2.45) is 5.92 Å². The lowest BCUT2D eigenvalue weighted by Crippen LogP contribution is -2.42. The van der Waals surface area contributed by atoms with Crippen molar-refractivity contribution in [2.45, 2.75) is 39.3 Å². The number of ketones is 1. The van der Waals surface area contributed by atoms with Gasteiger partial charge in [-0.2, -0.15) is 0 Å². The van der Waals surface area contributed by atoms with E-state index in [2.05, 4.69) is 57.2 Å². The molecule has 170 valence electrons. The first kappa shape index (κ1) is 21.6. The van der Waals surface area contributed by atoms with Gasteiger partial charge in [-0.15, -0.1) is 0 Å². The van der Waals surface area contributed by atoms with Crippen molar-refractivity contribution in [3.8, 4) is 0 Å². The number of Topliss-reactive ketones (excluding diaryl/α,β-unsaturated/α-hetero) is 1. The van der Waals surface area contributed by atoms with Crippen molar-refractivity contribution in [1.82, 2.24) is 19.4 Å². The van der Waals surface area contributed by atoms with Gasteiger partial charge in [0.1, 0.15) is 5.78 Å². The van der Waals surface area contributed by atoms with E-state index >= 15 is 0 Å². The molecule has 1 saturated heterocycles. The normalized spacial score (nSPS) is 15.5. The zero-order valence-corrected chi connectivity index (χ0v) is 19.4. The number of benzene rings is 2. The summed E-state index contributed by atoms with van der Waals surface area (Å²) in [5, 5.41) is 4.86. The van der Waals surface area contributed by atoms with Crippen LogP contribution >= 0.6 is 0 Å². The molecule has 2 aromatic heterocycles. The smallest absolute Gasteiger partial charge is 0.204 e. The van der Waals surface area contributed by atoms with Crippen LogP contribution in [0, 0.1) is 5.92 Å². The highest BCUT2D eigenvalue weighted by atomic mass is 16.1. The number of fused-ring (bicyclic) bond motifs is 2. The van der Waals surface area contributed by atoms with Gasteiger partial charge in [-0.05, 0) is 37.1 Å². The summed E-state index contributed by atoms with van der Waals surface area (Å²) in [6.07, 6.45) is 2.01. The highest BCUT2D eigenvalue weighted by Crippen LogP contribution is 2.24. The maximum Gasteiger partial charge on any atom is 0.204 e. The van der Waals surface area contributed by atoms with Crippen LogP contribution in [-0.2, 0) is 11.3 Å². The molecule has 0 bridgehead atoms. The zero-order valence-electron chi connectivity index (χ0n) is 19.4. The molecule has 1 aliphatic rings. The third kappa shape index (κ3) is 4.76. The van der Waals surface area contributed by atoms with Crippen molar-refractivity contribution in [1.29, 1.82) is 0 Å². The second kappa shape index (κ2) is 9.32. The minimum atomic E-state index is 0.101. The van der Waals surface area contributed by atoms with Gasteiger partial charge in [0.25, 0.3) is 0 Å². The monoisotopic (exact) mass is 441 g/mol. The van der Waals surface area contributed by atoms with E-state index in [4.69, 9.17) is 9.97 Å². The van der Waals surface area contributed by atoms with Crippen molar-refractivity contribution in [2.75, 3.05) is 25.0 Å². The van der Waals surface area contributed by atoms with Crippen LogP contribution in [0.1, 0.15) is 32.4 Å². The maximum absolute atomic E-state index is 12.1. The summed E-state index contributed by atoms with van der Waals surface area (Å²) >= 11 is 0. The lowest BCUT2D eigenvalue weighted by molar-refractivity contribution is -0.123. The van der Waals surface area contributed by atoms with Gasteiger partial charge in [0.15, 0.2) is 0 Å². The van der Waals surface area contributed by atoms with Gasteiger partial charge in [-0.3, -0.25) is 14.7 Å². The van der Waals surface area contributed by atoms with Crippen LogP contribution in [0.25, 0.3) is 21.9 Å². The third-order valence-electron chi connectivity index (χ3n) is 6.57. The highest BCUT2D eigenvalue weighted by Gasteiger charge is 2.23. The Bertz CT molecular complexity index is 1270. The fourth-order valence-corrected chi connectivity index (χ4v) is 4.52. The molecule has 0 unspecified atom stereocenters. The number of hydrogen-bond donors (Lipinski definition) is 1. The van der Waals surface area contributed by atoms with E-state index in [1.165, 1.54) is 0 Å². The highest BCUT2D eigenvalue weighted by molar-refractivity contribution is 5.82. The average molecular weight is 442 g/mol. The Morgan fingerprint density at radius 2 is 1.70 bits per heavy atom. The molecule has 1 N–H and O–H groups in total. The van der Waals surface area contributed by atoms with Crippen LogP contribution in [0.3, 0.4) is 0 Å². The van der Waals surface area contributed by atoms with Crippen LogP contribution in [0.2, 0.25) is 0 Å². The Balaban J connectivity index is 1.34. The Morgan fingerprint density at radius 1 is 0.970 bits per heavy atom. The van der Waals surface area contributed by atoms with Gasteiger partial charge in [0.05, 0.1) is 35.3 Å². The summed E-state index contributed by atoms with van der Waals surface area (Å²) in [4.78, 5) is 24.2. The van der Waals surface area contributed by atoms with Gasteiger partial charge in [-0.25, -0.2) is 4.98 Å². The summed E-state index contributed by atoms with van der Waals surface area (Å²) in [5.74, 6) is 1.32. The summed E-state index contributed by atoms with van der Waals surface area (Å²) in [6, 6.07) is 21.1. The zero-order chi connectivity index (χ0) is 22.8. The largest absolute Gasteiger partial charge is 0.353 e. The van der Waals surface area contributed by atoms with Crippen LogP contribution in [0.4, 0.5) is 5.95 Å². The van der Waals surface area contributed by atoms with E-state index in [0.717, 1.165) is 59.5 Å². The molecular formula is C27H31N5O. The Kier molecular flexibility index (Phi) is 6.09. The fourth-order valence-electron chi connectivity index (χ4n) is 4.52. The number of imidazole rings is 1. The minimum absolute atomic E-state index is 0.101. The molecule has 3 heterocycles. The average Bonchev–Trinajstić information content (AvgIpc) is 3.17. The van der Waals surface area contributed by atoms with E-state index < -0.39 is 0 Å². The molecule has 6 nitrogen and oxygen atoms in total. The summed E-state index contributed by atoms with van der Waals surface area (Å²) < 4.78 is 2.24. The van der Waals surface area contributed by atoms with Gasteiger partial charge in [-0.1, -0.05) is 50.2 Å². The van der Waals surface area contributed by atoms with Crippen LogP contribution in [0.15, 0.2) is 60.7 Å². The molecule has 0 amide bonds. The van der Waals surface area contributed by atoms with Crippen LogP contribution < -0.4 is 5.32 Å². The van der Waals surface area contributed by atoms with Crippen LogP contribution in [0.5, 0.6) is 0 Å². The molecule has 4 aromatic rings. The predicted molar refractivity (Wildman–Crippen MR) is 134 cm³/mol. The molecule has 0 spiro atoms. The number of rotatable bonds is 7. The Labute approximate surface area is 194 Å². The maximum atomic E-state index is 12.1. The number of piperidine rings is 1. The van der Waals surface area contributed by atoms with E-state index in [0.29, 0.717) is 24.9 Å². The van der Waals surface area contributed by atoms with Crippen molar-refractivity contribution >= 4 is 33.7 Å². The molecule has 1 aliphatic heterocycles. The Morgan fingerprint density at radius 3 is 2.48 bits per heavy atom. The van der Waals surface area contributed by atoms with Crippen molar-refractivity contribution < 1.29 is 4.79 Å². The number of para-hydroxylation sites is 3. The van der Waals surface area contributed by atoms with Crippen molar-refractivity contribution in [3.63, 3.8) is 0 Å². The summed E-state index contributed by atoms with van der Waals surface area (Å²) in [5.41, 5.74) is 4.12. The fraction of sp³-hybridized carbons (Fsp3) is 0.370. The SMILES string of the molecule is CC(C)C(=O)CN1CCC(Nc2nc3ccccc3n2Cc2ccc3ccccc3n2)CC1. The number of nitrogens with one attached hydrogen (secondary N) is 1. The van der Waals surface area contributed by atoms with E-state index in [-0.39, 0.29) is 5.92 Å². The van der Waals surface area contributed by atoms with Crippen LogP contribution in [-0.4, -0.2) is 50.9 Å². The number of carbonyl (C=O) groups is 1.